The monoisotopic (exact) mass is 273 g/mol. The zero-order chi connectivity index (χ0) is 10.8. The van der Waals surface area contributed by atoms with Gasteiger partial charge in [-0.2, -0.15) is 0 Å². The van der Waals surface area contributed by atoms with E-state index in [4.69, 9.17) is 9.52 Å². The number of carbonyl (C=O) groups is 1. The third-order valence-corrected chi connectivity index (χ3v) is 3.39. The van der Waals surface area contributed by atoms with Gasteiger partial charge in [0.15, 0.2) is 0 Å². The highest BCUT2D eigenvalue weighted by atomic mass is 79.9. The molecule has 1 aliphatic rings. The van der Waals surface area contributed by atoms with Crippen molar-refractivity contribution >= 4 is 21.9 Å². The van der Waals surface area contributed by atoms with Crippen LogP contribution >= 0.6 is 15.9 Å². The van der Waals surface area contributed by atoms with E-state index >= 15 is 0 Å². The number of halogens is 1. The second kappa shape index (κ2) is 4.37. The van der Waals surface area contributed by atoms with Gasteiger partial charge in [-0.3, -0.25) is 9.69 Å². The Morgan fingerprint density at radius 3 is 3.13 bits per heavy atom. The van der Waals surface area contributed by atoms with Crippen molar-refractivity contribution < 1.29 is 14.3 Å². The third kappa shape index (κ3) is 2.23. The third-order valence-electron chi connectivity index (χ3n) is 2.69. The molecule has 1 aromatic heterocycles. The normalized spacial score (nSPS) is 22.1. The van der Waals surface area contributed by atoms with Gasteiger partial charge in [0.2, 0.25) is 0 Å². The van der Waals surface area contributed by atoms with Crippen LogP contribution in [0.25, 0.3) is 0 Å². The molecule has 5 heteroatoms. The molecule has 0 aromatic carbocycles. The van der Waals surface area contributed by atoms with Gasteiger partial charge in [-0.05, 0) is 41.4 Å². The first kappa shape index (κ1) is 10.7. The maximum absolute atomic E-state index is 10.9. The largest absolute Gasteiger partial charge is 0.480 e. The van der Waals surface area contributed by atoms with E-state index in [2.05, 4.69) is 15.9 Å². The predicted octanol–water partition coefficient (Wildman–Crippen LogP) is 2.09. The van der Waals surface area contributed by atoms with Crippen LogP contribution in [0.15, 0.2) is 21.2 Å². The molecule has 1 unspecified atom stereocenters. The van der Waals surface area contributed by atoms with E-state index in [1.165, 1.54) is 0 Å². The van der Waals surface area contributed by atoms with Crippen LogP contribution in [-0.4, -0.2) is 28.6 Å². The maximum atomic E-state index is 10.9. The lowest BCUT2D eigenvalue weighted by atomic mass is 10.2. The molecule has 0 saturated carbocycles. The Kier molecular flexibility index (Phi) is 3.11. The molecule has 0 amide bonds. The zero-order valence-corrected chi connectivity index (χ0v) is 9.74. The second-order valence-corrected chi connectivity index (χ2v) is 4.51. The molecule has 1 atom stereocenters. The summed E-state index contributed by atoms with van der Waals surface area (Å²) in [5.74, 6) is 0.0540. The molecule has 0 aliphatic carbocycles. The van der Waals surface area contributed by atoms with E-state index < -0.39 is 5.97 Å². The predicted molar refractivity (Wildman–Crippen MR) is 57.5 cm³/mol. The Hall–Kier alpha value is -0.810. The Balaban J connectivity index is 2.06. The van der Waals surface area contributed by atoms with Gasteiger partial charge >= 0.3 is 5.97 Å². The lowest BCUT2D eigenvalue weighted by Crippen LogP contribution is -2.35. The molecular weight excluding hydrogens is 262 g/mol. The smallest absolute Gasteiger partial charge is 0.320 e. The van der Waals surface area contributed by atoms with Crippen LogP contribution in [0.2, 0.25) is 0 Å². The fourth-order valence-corrected chi connectivity index (χ4v) is 2.24. The second-order valence-electron chi connectivity index (χ2n) is 3.66. The first-order valence-corrected chi connectivity index (χ1v) is 5.66. The van der Waals surface area contributed by atoms with Crippen molar-refractivity contribution in [3.8, 4) is 0 Å². The first-order chi connectivity index (χ1) is 7.18. The number of hydrogen-bond donors (Lipinski definition) is 1. The van der Waals surface area contributed by atoms with Crippen molar-refractivity contribution in [1.82, 2.24) is 4.90 Å². The number of carboxylic acid groups (broad SMARTS) is 1. The van der Waals surface area contributed by atoms with Gasteiger partial charge in [0.1, 0.15) is 11.8 Å². The summed E-state index contributed by atoms with van der Waals surface area (Å²) in [6.07, 6.45) is 3.27. The van der Waals surface area contributed by atoms with Crippen molar-refractivity contribution in [1.29, 1.82) is 0 Å². The Morgan fingerprint density at radius 1 is 1.73 bits per heavy atom. The van der Waals surface area contributed by atoms with Crippen molar-refractivity contribution in [2.45, 2.75) is 25.4 Å². The van der Waals surface area contributed by atoms with Gasteiger partial charge in [0.05, 0.1) is 17.3 Å². The molecular formula is C10H12BrNO3. The number of aliphatic carboxylic acids is 1. The highest BCUT2D eigenvalue weighted by molar-refractivity contribution is 9.10. The highest BCUT2D eigenvalue weighted by Crippen LogP contribution is 2.24. The summed E-state index contributed by atoms with van der Waals surface area (Å²) in [6.45, 7) is 1.38. The molecule has 1 saturated heterocycles. The standard InChI is InChI=1S/C10H12BrNO3/c11-7-3-5-15-9(7)6-12-4-1-2-8(12)10(13)14/h3,5,8H,1-2,4,6H2,(H,13,14). The van der Waals surface area contributed by atoms with E-state index in [9.17, 15) is 4.79 Å². The van der Waals surface area contributed by atoms with E-state index in [1.807, 2.05) is 11.0 Å². The minimum absolute atomic E-state index is 0.359. The molecule has 82 valence electrons. The number of nitrogens with zero attached hydrogens (tertiary/aromatic N) is 1. The van der Waals surface area contributed by atoms with Gasteiger partial charge < -0.3 is 9.52 Å². The van der Waals surface area contributed by atoms with Gasteiger partial charge in [0.25, 0.3) is 0 Å². The van der Waals surface area contributed by atoms with Crippen LogP contribution in [0.3, 0.4) is 0 Å². The zero-order valence-electron chi connectivity index (χ0n) is 8.15. The van der Waals surface area contributed by atoms with Gasteiger partial charge in [-0.1, -0.05) is 0 Å². The molecule has 1 fully saturated rings. The number of likely N-dealkylation sites (tertiary alicyclic amines) is 1. The maximum Gasteiger partial charge on any atom is 0.320 e. The highest BCUT2D eigenvalue weighted by Gasteiger charge is 2.31. The molecule has 15 heavy (non-hydrogen) atoms. The minimum atomic E-state index is -0.741. The lowest BCUT2D eigenvalue weighted by Gasteiger charge is -2.19. The molecule has 2 heterocycles. The Morgan fingerprint density at radius 2 is 2.53 bits per heavy atom. The first-order valence-electron chi connectivity index (χ1n) is 4.87. The Labute approximate surface area is 96.0 Å². The SMILES string of the molecule is O=C(O)C1CCCN1Cc1occc1Br. The minimum Gasteiger partial charge on any atom is -0.480 e. The molecule has 2 rings (SSSR count). The molecule has 0 radical (unpaired) electrons. The average Bonchev–Trinajstić information content (AvgIpc) is 2.77. The van der Waals surface area contributed by atoms with Crippen LogP contribution in [0.4, 0.5) is 0 Å². The molecule has 1 aliphatic heterocycles. The topological polar surface area (TPSA) is 53.7 Å². The molecule has 0 spiro atoms. The number of rotatable bonds is 3. The fourth-order valence-electron chi connectivity index (χ4n) is 1.92. The van der Waals surface area contributed by atoms with Gasteiger partial charge in [0, 0.05) is 0 Å². The van der Waals surface area contributed by atoms with Crippen LogP contribution in [0.5, 0.6) is 0 Å². The van der Waals surface area contributed by atoms with Crippen molar-refractivity contribution in [3.63, 3.8) is 0 Å². The van der Waals surface area contributed by atoms with Crippen LogP contribution in [0.1, 0.15) is 18.6 Å². The quantitative estimate of drug-likeness (QED) is 0.917. The van der Waals surface area contributed by atoms with E-state index in [-0.39, 0.29) is 6.04 Å². The van der Waals surface area contributed by atoms with E-state index in [0.29, 0.717) is 6.54 Å². The summed E-state index contributed by atoms with van der Waals surface area (Å²) >= 11 is 3.36. The van der Waals surface area contributed by atoms with Crippen molar-refractivity contribution in [2.75, 3.05) is 6.54 Å². The van der Waals surface area contributed by atoms with Crippen LogP contribution < -0.4 is 0 Å². The molecule has 4 nitrogen and oxygen atoms in total. The Bertz CT molecular complexity index is 363. The molecule has 1 aromatic rings. The summed E-state index contributed by atoms with van der Waals surface area (Å²) in [4.78, 5) is 12.9. The lowest BCUT2D eigenvalue weighted by molar-refractivity contribution is -0.142. The summed E-state index contributed by atoms with van der Waals surface area (Å²) in [6, 6.07) is 1.46. The van der Waals surface area contributed by atoms with Crippen LogP contribution in [0, 0.1) is 0 Å². The number of carboxylic acids is 1. The van der Waals surface area contributed by atoms with Gasteiger partial charge in [-0.25, -0.2) is 0 Å². The van der Waals surface area contributed by atoms with Crippen molar-refractivity contribution in [2.24, 2.45) is 0 Å². The molecule has 0 bridgehead atoms. The summed E-state index contributed by atoms with van der Waals surface area (Å²) in [5, 5.41) is 9.00. The number of furan rings is 1. The van der Waals surface area contributed by atoms with E-state index in [0.717, 1.165) is 29.6 Å². The summed E-state index contributed by atoms with van der Waals surface area (Å²) < 4.78 is 6.17. The van der Waals surface area contributed by atoms with Gasteiger partial charge in [-0.15, -0.1) is 0 Å². The van der Waals surface area contributed by atoms with E-state index in [1.54, 1.807) is 6.26 Å². The van der Waals surface area contributed by atoms with Crippen molar-refractivity contribution in [3.05, 3.63) is 22.6 Å². The summed E-state index contributed by atoms with van der Waals surface area (Å²) in [7, 11) is 0. The van der Waals surface area contributed by atoms with Crippen LogP contribution in [-0.2, 0) is 11.3 Å². The molecule has 1 N–H and O–H groups in total. The summed E-state index contributed by atoms with van der Waals surface area (Å²) in [5.41, 5.74) is 0. The average molecular weight is 274 g/mol. The number of hydrogen-bond acceptors (Lipinski definition) is 3. The fraction of sp³-hybridized carbons (Fsp3) is 0.500.